The second-order valence-electron chi connectivity index (χ2n) is 7.60. The van der Waals surface area contributed by atoms with Crippen molar-refractivity contribution < 1.29 is 21.6 Å². The van der Waals surface area contributed by atoms with Crippen molar-refractivity contribution in [1.29, 1.82) is 0 Å². The largest absolute Gasteiger partial charge is 0.416 e. The molecule has 0 bridgehead atoms. The number of hydrogen-bond acceptors (Lipinski definition) is 6. The number of halogens is 3. The summed E-state index contributed by atoms with van der Waals surface area (Å²) in [5.74, 6) is 0.643. The molecule has 31 heavy (non-hydrogen) atoms. The molecule has 0 saturated heterocycles. The van der Waals surface area contributed by atoms with Crippen LogP contribution in [0.1, 0.15) is 61.1 Å². The number of nitrogens with two attached hydrogens (primary N) is 1. The Hall–Kier alpha value is -2.09. The van der Waals surface area contributed by atoms with E-state index in [1.165, 1.54) is 6.07 Å². The predicted octanol–water partition coefficient (Wildman–Crippen LogP) is 1.86. The molecule has 13 heteroatoms. The van der Waals surface area contributed by atoms with Crippen LogP contribution >= 0.6 is 0 Å². The van der Waals surface area contributed by atoms with Gasteiger partial charge in [0, 0.05) is 13.1 Å². The number of aromatic nitrogens is 4. The molecule has 1 saturated carbocycles. The molecule has 172 valence electrons. The minimum atomic E-state index is -4.37. The summed E-state index contributed by atoms with van der Waals surface area (Å²) in [5.41, 5.74) is -0.0641. The maximum atomic E-state index is 12.9. The van der Waals surface area contributed by atoms with Gasteiger partial charge < -0.3 is 5.32 Å². The highest BCUT2D eigenvalue weighted by atomic mass is 32.2. The van der Waals surface area contributed by atoms with Gasteiger partial charge in [0.05, 0.1) is 17.6 Å². The Labute approximate surface area is 178 Å². The molecule has 1 unspecified atom stereocenters. The predicted molar refractivity (Wildman–Crippen MR) is 107 cm³/mol. The van der Waals surface area contributed by atoms with Gasteiger partial charge in [0.2, 0.25) is 0 Å². The molecule has 1 aliphatic carbocycles. The Morgan fingerprint density at radius 1 is 1.26 bits per heavy atom. The first-order chi connectivity index (χ1) is 14.6. The van der Waals surface area contributed by atoms with E-state index >= 15 is 0 Å². The molecule has 0 spiro atoms. The third kappa shape index (κ3) is 6.95. The third-order valence-electron chi connectivity index (χ3n) is 5.28. The van der Waals surface area contributed by atoms with E-state index in [0.29, 0.717) is 37.2 Å². The van der Waals surface area contributed by atoms with Crippen LogP contribution in [-0.2, 0) is 22.8 Å². The van der Waals surface area contributed by atoms with Gasteiger partial charge in [-0.15, -0.1) is 5.10 Å². The number of hydrogen-bond donors (Lipinski definition) is 3. The molecule has 3 rings (SSSR count). The molecule has 9 nitrogen and oxygen atoms in total. The van der Waals surface area contributed by atoms with Crippen LogP contribution in [0, 0.1) is 0 Å². The number of nitrogens with one attached hydrogen (secondary N) is 2. The van der Waals surface area contributed by atoms with Crippen molar-refractivity contribution in [3.8, 4) is 0 Å². The zero-order chi connectivity index (χ0) is 22.5. The maximum absolute atomic E-state index is 12.9. The van der Waals surface area contributed by atoms with Crippen LogP contribution < -0.4 is 15.2 Å². The normalized spacial score (nSPS) is 16.3. The highest BCUT2D eigenvalue weighted by Crippen LogP contribution is 2.33. The van der Waals surface area contributed by atoms with E-state index in [9.17, 15) is 21.6 Å². The second-order valence-corrected chi connectivity index (χ2v) is 8.98. The number of nitrogens with zero attached hydrogens (tertiary/aromatic N) is 4. The highest BCUT2D eigenvalue weighted by Gasteiger charge is 2.30. The van der Waals surface area contributed by atoms with Gasteiger partial charge in [0.15, 0.2) is 5.82 Å². The number of tetrazole rings is 1. The average Bonchev–Trinajstić information content (AvgIpc) is 3.10. The lowest BCUT2D eigenvalue weighted by atomic mass is 9.93. The van der Waals surface area contributed by atoms with Gasteiger partial charge in [0.1, 0.15) is 0 Å². The van der Waals surface area contributed by atoms with Crippen molar-refractivity contribution in [3.05, 3.63) is 41.2 Å². The lowest BCUT2D eigenvalue weighted by molar-refractivity contribution is -0.137. The molecule has 0 radical (unpaired) electrons. The van der Waals surface area contributed by atoms with Gasteiger partial charge in [-0.2, -0.15) is 21.6 Å². The summed E-state index contributed by atoms with van der Waals surface area (Å²) in [6.45, 7) is 0.385. The first-order valence-electron chi connectivity index (χ1n) is 10.1. The van der Waals surface area contributed by atoms with Crippen LogP contribution in [0.4, 0.5) is 13.2 Å². The topological polar surface area (TPSA) is 128 Å². The van der Waals surface area contributed by atoms with Crippen LogP contribution in [0.2, 0.25) is 0 Å². The van der Waals surface area contributed by atoms with Crippen LogP contribution in [0.5, 0.6) is 0 Å². The summed E-state index contributed by atoms with van der Waals surface area (Å²) in [6.07, 6.45) is 0.335. The number of alkyl halides is 3. The fourth-order valence-electron chi connectivity index (χ4n) is 3.50. The molecule has 1 heterocycles. The summed E-state index contributed by atoms with van der Waals surface area (Å²) in [7, 11) is -3.79. The molecule has 0 aliphatic heterocycles. The Balaban J connectivity index is 1.63. The van der Waals surface area contributed by atoms with Gasteiger partial charge in [-0.3, -0.25) is 0 Å². The standard InChI is InChI=1S/C18H26F3N7O2S/c19-18(20,21)14-6-1-4-13(12-14)5-2-9-16(23-10-11-24-31(22,29)30)17-25-26-27-28(17)15-7-3-8-15/h1,4,6,12,15-16,23-24H,2-3,5,7-11H2,(H2,22,29,30). The summed E-state index contributed by atoms with van der Waals surface area (Å²) in [4.78, 5) is 0. The molecule has 4 N–H and O–H groups in total. The van der Waals surface area contributed by atoms with Crippen LogP contribution in [0.15, 0.2) is 24.3 Å². The smallest absolute Gasteiger partial charge is 0.306 e. The van der Waals surface area contributed by atoms with Crippen molar-refractivity contribution in [1.82, 2.24) is 30.2 Å². The monoisotopic (exact) mass is 461 g/mol. The molecule has 1 fully saturated rings. The number of aryl methyl sites for hydroxylation is 1. The van der Waals surface area contributed by atoms with Gasteiger partial charge in [-0.05, 0) is 60.6 Å². The third-order valence-corrected chi connectivity index (χ3v) is 5.89. The van der Waals surface area contributed by atoms with E-state index in [-0.39, 0.29) is 18.6 Å². The molecule has 1 aliphatic rings. The Morgan fingerprint density at radius 3 is 2.68 bits per heavy atom. The minimum Gasteiger partial charge on any atom is -0.306 e. The van der Waals surface area contributed by atoms with Gasteiger partial charge in [-0.25, -0.2) is 14.5 Å². The fourth-order valence-corrected chi connectivity index (χ4v) is 3.88. The Morgan fingerprint density at radius 2 is 2.03 bits per heavy atom. The SMILES string of the molecule is NS(=O)(=O)NCCNC(CCCc1cccc(C(F)(F)F)c1)c1nnnn1C1CCC1. The van der Waals surface area contributed by atoms with Crippen molar-refractivity contribution in [2.24, 2.45) is 5.14 Å². The maximum Gasteiger partial charge on any atom is 0.416 e. The average molecular weight is 462 g/mol. The lowest BCUT2D eigenvalue weighted by Gasteiger charge is -2.28. The van der Waals surface area contributed by atoms with E-state index in [1.807, 2.05) is 0 Å². The van der Waals surface area contributed by atoms with E-state index < -0.39 is 21.9 Å². The second kappa shape index (κ2) is 10.0. The van der Waals surface area contributed by atoms with Crippen LogP contribution in [0.3, 0.4) is 0 Å². The first kappa shape index (κ1) is 23.6. The zero-order valence-electron chi connectivity index (χ0n) is 16.8. The van der Waals surface area contributed by atoms with E-state index in [2.05, 4.69) is 25.6 Å². The van der Waals surface area contributed by atoms with E-state index in [0.717, 1.165) is 31.4 Å². The summed E-state index contributed by atoms with van der Waals surface area (Å²) < 4.78 is 64.9. The number of rotatable bonds is 11. The zero-order valence-corrected chi connectivity index (χ0v) is 17.7. The van der Waals surface area contributed by atoms with Crippen LogP contribution in [0.25, 0.3) is 0 Å². The van der Waals surface area contributed by atoms with Crippen molar-refractivity contribution in [2.75, 3.05) is 13.1 Å². The lowest BCUT2D eigenvalue weighted by Crippen LogP contribution is -2.38. The Bertz CT molecular complexity index is 961. The van der Waals surface area contributed by atoms with E-state index in [1.54, 1.807) is 10.7 Å². The van der Waals surface area contributed by atoms with E-state index in [4.69, 9.17) is 5.14 Å². The fraction of sp³-hybridized carbons (Fsp3) is 0.611. The number of benzene rings is 1. The summed E-state index contributed by atoms with van der Waals surface area (Å²) in [5, 5.41) is 20.2. The molecule has 2 aromatic rings. The van der Waals surface area contributed by atoms with Gasteiger partial charge in [-0.1, -0.05) is 18.2 Å². The van der Waals surface area contributed by atoms with Crippen molar-refractivity contribution in [3.63, 3.8) is 0 Å². The molecular weight excluding hydrogens is 435 g/mol. The van der Waals surface area contributed by atoms with Crippen LogP contribution in [-0.4, -0.2) is 41.7 Å². The highest BCUT2D eigenvalue weighted by molar-refractivity contribution is 7.87. The van der Waals surface area contributed by atoms with Crippen molar-refractivity contribution >= 4 is 10.2 Å². The first-order valence-corrected chi connectivity index (χ1v) is 11.6. The van der Waals surface area contributed by atoms with Gasteiger partial charge >= 0.3 is 6.18 Å². The molecule has 1 aromatic carbocycles. The molecule has 1 atom stereocenters. The Kier molecular flexibility index (Phi) is 7.62. The molecule has 0 amide bonds. The molecule has 1 aromatic heterocycles. The molecular formula is C18H26F3N7O2S. The quantitative estimate of drug-likeness (QED) is 0.438. The minimum absolute atomic E-state index is 0.0912. The van der Waals surface area contributed by atoms with Crippen molar-refractivity contribution in [2.45, 2.75) is 56.8 Å². The van der Waals surface area contributed by atoms with Gasteiger partial charge in [0.25, 0.3) is 10.2 Å². The summed E-state index contributed by atoms with van der Waals surface area (Å²) >= 11 is 0. The summed E-state index contributed by atoms with van der Waals surface area (Å²) in [6, 6.07) is 5.26.